The first-order valence-corrected chi connectivity index (χ1v) is 7.87. The standard InChI is InChI=1S/C20H18O4/c1-2-8-19(21)24-17-13-18(23-14-9-4-3-5-10-14)20(22)16-12-7-6-11-15(16)17/h3-7,9-13,22H,2,8H2,1H3. The second-order valence-electron chi connectivity index (χ2n) is 5.41. The molecule has 0 unspecified atom stereocenters. The van der Waals surface area contributed by atoms with Crippen LogP contribution in [0.5, 0.6) is 23.0 Å². The Kier molecular flexibility index (Phi) is 4.66. The van der Waals surface area contributed by atoms with Gasteiger partial charge in [0.1, 0.15) is 11.5 Å². The molecule has 3 rings (SSSR count). The first-order chi connectivity index (χ1) is 11.7. The number of para-hydroxylation sites is 1. The lowest BCUT2D eigenvalue weighted by molar-refractivity contribution is -0.134. The minimum absolute atomic E-state index is 0.0183. The maximum Gasteiger partial charge on any atom is 0.311 e. The molecule has 1 N–H and O–H groups in total. The number of benzene rings is 3. The number of fused-ring (bicyclic) bond motifs is 1. The highest BCUT2D eigenvalue weighted by Gasteiger charge is 2.16. The molecule has 4 heteroatoms. The summed E-state index contributed by atoms with van der Waals surface area (Å²) in [6.45, 7) is 1.92. The number of hydrogen-bond acceptors (Lipinski definition) is 4. The van der Waals surface area contributed by atoms with E-state index in [-0.39, 0.29) is 17.5 Å². The minimum Gasteiger partial charge on any atom is -0.504 e. The molecular formula is C20H18O4. The number of phenolic OH excluding ortho intramolecular Hbond substituents is 1. The quantitative estimate of drug-likeness (QED) is 0.528. The van der Waals surface area contributed by atoms with Gasteiger partial charge in [-0.15, -0.1) is 0 Å². The number of esters is 1. The third kappa shape index (κ3) is 3.33. The van der Waals surface area contributed by atoms with Crippen molar-refractivity contribution < 1.29 is 19.4 Å². The maximum absolute atomic E-state index is 11.9. The zero-order chi connectivity index (χ0) is 16.9. The van der Waals surface area contributed by atoms with Crippen LogP contribution < -0.4 is 9.47 Å². The van der Waals surface area contributed by atoms with Crippen LogP contribution in [0.25, 0.3) is 10.8 Å². The van der Waals surface area contributed by atoms with E-state index in [9.17, 15) is 9.90 Å². The lowest BCUT2D eigenvalue weighted by Crippen LogP contribution is -2.07. The van der Waals surface area contributed by atoms with E-state index in [1.807, 2.05) is 37.3 Å². The van der Waals surface area contributed by atoms with Crippen LogP contribution in [0.2, 0.25) is 0 Å². The molecule has 0 saturated heterocycles. The van der Waals surface area contributed by atoms with Crippen molar-refractivity contribution in [1.29, 1.82) is 0 Å². The van der Waals surface area contributed by atoms with Gasteiger partial charge >= 0.3 is 5.97 Å². The number of carbonyl (C=O) groups excluding carboxylic acids is 1. The molecule has 0 spiro atoms. The van der Waals surface area contributed by atoms with Crippen LogP contribution >= 0.6 is 0 Å². The van der Waals surface area contributed by atoms with Crippen LogP contribution in [0.3, 0.4) is 0 Å². The molecule has 122 valence electrons. The summed E-state index contributed by atoms with van der Waals surface area (Å²) in [6.07, 6.45) is 1.05. The van der Waals surface area contributed by atoms with Crippen LogP contribution in [-0.2, 0) is 4.79 Å². The van der Waals surface area contributed by atoms with Gasteiger partial charge < -0.3 is 14.6 Å². The van der Waals surface area contributed by atoms with E-state index in [1.165, 1.54) is 0 Å². The van der Waals surface area contributed by atoms with E-state index in [2.05, 4.69) is 0 Å². The van der Waals surface area contributed by atoms with E-state index in [0.29, 0.717) is 35.1 Å². The minimum atomic E-state index is -0.306. The summed E-state index contributed by atoms with van der Waals surface area (Å²) in [5.74, 6) is 0.935. The van der Waals surface area contributed by atoms with Gasteiger partial charge in [-0.3, -0.25) is 4.79 Å². The number of phenols is 1. The smallest absolute Gasteiger partial charge is 0.311 e. The summed E-state index contributed by atoms with van der Waals surface area (Å²) in [4.78, 5) is 11.9. The summed E-state index contributed by atoms with van der Waals surface area (Å²) in [7, 11) is 0. The highest BCUT2D eigenvalue weighted by Crippen LogP contribution is 2.42. The van der Waals surface area contributed by atoms with E-state index in [0.717, 1.165) is 0 Å². The Morgan fingerprint density at radius 3 is 2.33 bits per heavy atom. The summed E-state index contributed by atoms with van der Waals surface area (Å²) in [6, 6.07) is 17.9. The summed E-state index contributed by atoms with van der Waals surface area (Å²) < 4.78 is 11.2. The first kappa shape index (κ1) is 15.9. The average Bonchev–Trinajstić information content (AvgIpc) is 2.60. The van der Waals surface area contributed by atoms with Crippen LogP contribution in [0.1, 0.15) is 19.8 Å². The first-order valence-electron chi connectivity index (χ1n) is 7.87. The third-order valence-corrected chi connectivity index (χ3v) is 3.59. The number of hydrogen-bond donors (Lipinski definition) is 1. The predicted octanol–water partition coefficient (Wildman–Crippen LogP) is 5.04. The Balaban J connectivity index is 2.06. The Labute approximate surface area is 140 Å². The van der Waals surface area contributed by atoms with Crippen molar-refractivity contribution in [2.75, 3.05) is 0 Å². The third-order valence-electron chi connectivity index (χ3n) is 3.59. The molecule has 0 radical (unpaired) electrons. The van der Waals surface area contributed by atoms with Crippen molar-refractivity contribution in [3.8, 4) is 23.0 Å². The van der Waals surface area contributed by atoms with Crippen molar-refractivity contribution in [3.63, 3.8) is 0 Å². The molecule has 0 heterocycles. The van der Waals surface area contributed by atoms with Gasteiger partial charge in [0.25, 0.3) is 0 Å². The lowest BCUT2D eigenvalue weighted by Gasteiger charge is -2.13. The Morgan fingerprint density at radius 2 is 1.62 bits per heavy atom. The molecule has 0 saturated carbocycles. The normalized spacial score (nSPS) is 10.5. The predicted molar refractivity (Wildman–Crippen MR) is 92.7 cm³/mol. The van der Waals surface area contributed by atoms with Gasteiger partial charge in [0.05, 0.1) is 0 Å². The maximum atomic E-state index is 11.9. The fourth-order valence-corrected chi connectivity index (χ4v) is 2.46. The van der Waals surface area contributed by atoms with Gasteiger partial charge in [-0.1, -0.05) is 49.4 Å². The molecule has 0 amide bonds. The molecule has 3 aromatic carbocycles. The molecule has 0 bridgehead atoms. The zero-order valence-corrected chi connectivity index (χ0v) is 13.4. The highest BCUT2D eigenvalue weighted by molar-refractivity contribution is 5.96. The van der Waals surface area contributed by atoms with Crippen LogP contribution in [0.15, 0.2) is 60.7 Å². The van der Waals surface area contributed by atoms with Crippen molar-refractivity contribution in [3.05, 3.63) is 60.7 Å². The second-order valence-corrected chi connectivity index (χ2v) is 5.41. The molecule has 0 atom stereocenters. The lowest BCUT2D eigenvalue weighted by atomic mass is 10.1. The van der Waals surface area contributed by atoms with Gasteiger partial charge in [0.2, 0.25) is 0 Å². The Hall–Kier alpha value is -3.01. The van der Waals surface area contributed by atoms with Gasteiger partial charge in [0, 0.05) is 23.3 Å². The van der Waals surface area contributed by atoms with E-state index >= 15 is 0 Å². The van der Waals surface area contributed by atoms with E-state index in [1.54, 1.807) is 30.3 Å². The summed E-state index contributed by atoms with van der Waals surface area (Å²) >= 11 is 0. The Bertz CT molecular complexity index is 856. The number of rotatable bonds is 5. The molecule has 0 aromatic heterocycles. The molecule has 0 aliphatic heterocycles. The van der Waals surface area contributed by atoms with Crippen molar-refractivity contribution in [2.45, 2.75) is 19.8 Å². The number of carbonyl (C=O) groups is 1. The van der Waals surface area contributed by atoms with Crippen molar-refractivity contribution in [1.82, 2.24) is 0 Å². The van der Waals surface area contributed by atoms with Gasteiger partial charge in [-0.05, 0) is 18.6 Å². The average molecular weight is 322 g/mol. The second kappa shape index (κ2) is 7.04. The van der Waals surface area contributed by atoms with Crippen LogP contribution in [0, 0.1) is 0 Å². The van der Waals surface area contributed by atoms with E-state index < -0.39 is 0 Å². The molecule has 3 aromatic rings. The largest absolute Gasteiger partial charge is 0.504 e. The summed E-state index contributed by atoms with van der Waals surface area (Å²) in [5.41, 5.74) is 0. The molecule has 4 nitrogen and oxygen atoms in total. The molecule has 24 heavy (non-hydrogen) atoms. The van der Waals surface area contributed by atoms with Gasteiger partial charge in [-0.2, -0.15) is 0 Å². The topological polar surface area (TPSA) is 55.8 Å². The summed E-state index contributed by atoms with van der Waals surface area (Å²) in [5, 5.41) is 11.7. The fraction of sp³-hybridized carbons (Fsp3) is 0.150. The molecule has 0 fully saturated rings. The van der Waals surface area contributed by atoms with E-state index in [4.69, 9.17) is 9.47 Å². The number of aromatic hydroxyl groups is 1. The fourth-order valence-electron chi connectivity index (χ4n) is 2.46. The SMILES string of the molecule is CCCC(=O)Oc1cc(Oc2ccccc2)c(O)c2ccccc12. The van der Waals surface area contributed by atoms with Gasteiger partial charge in [0.15, 0.2) is 11.5 Å². The van der Waals surface area contributed by atoms with Crippen molar-refractivity contribution >= 4 is 16.7 Å². The highest BCUT2D eigenvalue weighted by atomic mass is 16.5. The monoisotopic (exact) mass is 322 g/mol. The van der Waals surface area contributed by atoms with Crippen molar-refractivity contribution in [2.24, 2.45) is 0 Å². The van der Waals surface area contributed by atoms with Crippen LogP contribution in [-0.4, -0.2) is 11.1 Å². The molecular weight excluding hydrogens is 304 g/mol. The van der Waals surface area contributed by atoms with Gasteiger partial charge in [-0.25, -0.2) is 0 Å². The van der Waals surface area contributed by atoms with Crippen LogP contribution in [0.4, 0.5) is 0 Å². The Morgan fingerprint density at radius 1 is 0.958 bits per heavy atom. The molecule has 0 aliphatic rings. The molecule has 0 aliphatic carbocycles. The zero-order valence-electron chi connectivity index (χ0n) is 13.4. The number of ether oxygens (including phenoxy) is 2.